The van der Waals surface area contributed by atoms with E-state index in [0.29, 0.717) is 0 Å². The number of halogens is 2. The first-order valence-electron chi connectivity index (χ1n) is 6.92. The number of para-hydroxylation sites is 1. The van der Waals surface area contributed by atoms with E-state index in [4.69, 9.17) is 0 Å². The Labute approximate surface area is 122 Å². The predicted octanol–water partition coefficient (Wildman–Crippen LogP) is 3.29. The standard InChI is InChI=1S/C15H19F2N3O/c1-11(18-8-4-7-14-19-9-10-20-14)12-5-2-3-6-13(12)21-15(16)17/h2-3,5-6,9-11,15,18H,4,7-8H2,1H3,(H,19,20). The molecule has 21 heavy (non-hydrogen) atoms. The van der Waals surface area contributed by atoms with E-state index in [0.717, 1.165) is 30.8 Å². The predicted molar refractivity (Wildman–Crippen MR) is 76.4 cm³/mol. The molecule has 6 heteroatoms. The van der Waals surface area contributed by atoms with Crippen LogP contribution in [0, 0.1) is 0 Å². The number of imidazole rings is 1. The molecule has 1 aromatic carbocycles. The minimum absolute atomic E-state index is 0.0587. The van der Waals surface area contributed by atoms with Crippen LogP contribution in [0.1, 0.15) is 30.8 Å². The molecule has 0 aliphatic rings. The Morgan fingerprint density at radius 2 is 2.14 bits per heavy atom. The van der Waals surface area contributed by atoms with Crippen LogP contribution in [0.15, 0.2) is 36.7 Å². The van der Waals surface area contributed by atoms with Crippen molar-refractivity contribution in [1.29, 1.82) is 0 Å². The lowest BCUT2D eigenvalue weighted by atomic mass is 10.1. The number of rotatable bonds is 8. The van der Waals surface area contributed by atoms with E-state index < -0.39 is 6.61 Å². The molecule has 114 valence electrons. The molecule has 0 aliphatic carbocycles. The maximum Gasteiger partial charge on any atom is 0.387 e. The van der Waals surface area contributed by atoms with E-state index >= 15 is 0 Å². The average molecular weight is 295 g/mol. The molecular weight excluding hydrogens is 276 g/mol. The lowest BCUT2D eigenvalue weighted by molar-refractivity contribution is -0.0506. The maximum atomic E-state index is 12.4. The molecule has 2 rings (SSSR count). The minimum Gasteiger partial charge on any atom is -0.434 e. The van der Waals surface area contributed by atoms with Gasteiger partial charge in [0.05, 0.1) is 0 Å². The number of aryl methyl sites for hydroxylation is 1. The average Bonchev–Trinajstić information content (AvgIpc) is 2.96. The Balaban J connectivity index is 1.83. The second-order valence-corrected chi connectivity index (χ2v) is 4.73. The third kappa shape index (κ3) is 4.82. The van der Waals surface area contributed by atoms with Crippen molar-refractivity contribution in [3.63, 3.8) is 0 Å². The number of aromatic nitrogens is 2. The fourth-order valence-electron chi connectivity index (χ4n) is 2.16. The van der Waals surface area contributed by atoms with Crippen LogP contribution in [0.4, 0.5) is 8.78 Å². The normalized spacial score (nSPS) is 12.6. The Bertz CT molecular complexity index is 531. The van der Waals surface area contributed by atoms with Gasteiger partial charge in [0.15, 0.2) is 0 Å². The van der Waals surface area contributed by atoms with Gasteiger partial charge in [-0.15, -0.1) is 0 Å². The number of H-pyrrole nitrogens is 1. The van der Waals surface area contributed by atoms with E-state index in [1.807, 2.05) is 13.0 Å². The second-order valence-electron chi connectivity index (χ2n) is 4.73. The number of aromatic amines is 1. The molecule has 2 aromatic rings. The van der Waals surface area contributed by atoms with Crippen LogP contribution in [0.2, 0.25) is 0 Å². The van der Waals surface area contributed by atoms with Crippen LogP contribution in [-0.4, -0.2) is 23.1 Å². The van der Waals surface area contributed by atoms with Gasteiger partial charge in [0.25, 0.3) is 0 Å². The van der Waals surface area contributed by atoms with Crippen molar-refractivity contribution in [2.24, 2.45) is 0 Å². The van der Waals surface area contributed by atoms with Gasteiger partial charge in [-0.2, -0.15) is 8.78 Å². The van der Waals surface area contributed by atoms with Crippen molar-refractivity contribution < 1.29 is 13.5 Å². The fraction of sp³-hybridized carbons (Fsp3) is 0.400. The summed E-state index contributed by atoms with van der Waals surface area (Å²) in [6.07, 6.45) is 5.28. The summed E-state index contributed by atoms with van der Waals surface area (Å²) in [5.41, 5.74) is 0.732. The lowest BCUT2D eigenvalue weighted by Gasteiger charge is -2.18. The zero-order chi connectivity index (χ0) is 15.1. The van der Waals surface area contributed by atoms with E-state index in [2.05, 4.69) is 20.0 Å². The van der Waals surface area contributed by atoms with Crippen LogP contribution >= 0.6 is 0 Å². The van der Waals surface area contributed by atoms with Crippen molar-refractivity contribution in [1.82, 2.24) is 15.3 Å². The molecule has 4 nitrogen and oxygen atoms in total. The first kappa shape index (κ1) is 15.4. The van der Waals surface area contributed by atoms with Crippen molar-refractivity contribution in [3.05, 3.63) is 48.0 Å². The SMILES string of the molecule is CC(NCCCc1ncc[nH]1)c1ccccc1OC(F)F. The highest BCUT2D eigenvalue weighted by Gasteiger charge is 2.13. The fourth-order valence-corrected chi connectivity index (χ4v) is 2.16. The quantitative estimate of drug-likeness (QED) is 0.735. The topological polar surface area (TPSA) is 49.9 Å². The lowest BCUT2D eigenvalue weighted by Crippen LogP contribution is -2.21. The van der Waals surface area contributed by atoms with E-state index in [9.17, 15) is 8.78 Å². The third-order valence-corrected chi connectivity index (χ3v) is 3.20. The Morgan fingerprint density at radius 3 is 2.86 bits per heavy atom. The number of benzene rings is 1. The highest BCUT2D eigenvalue weighted by atomic mass is 19.3. The van der Waals surface area contributed by atoms with Crippen molar-refractivity contribution in [3.8, 4) is 5.75 Å². The monoisotopic (exact) mass is 295 g/mol. The summed E-state index contributed by atoms with van der Waals surface area (Å²) < 4.78 is 29.3. The number of ether oxygens (including phenoxy) is 1. The molecule has 1 atom stereocenters. The van der Waals surface area contributed by atoms with Gasteiger partial charge in [-0.3, -0.25) is 0 Å². The summed E-state index contributed by atoms with van der Waals surface area (Å²) in [6, 6.07) is 6.79. The van der Waals surface area contributed by atoms with Gasteiger partial charge in [0, 0.05) is 30.4 Å². The molecule has 0 saturated heterocycles. The van der Waals surface area contributed by atoms with Gasteiger partial charge >= 0.3 is 6.61 Å². The first-order valence-corrected chi connectivity index (χ1v) is 6.92. The smallest absolute Gasteiger partial charge is 0.387 e. The molecule has 1 aromatic heterocycles. The molecule has 1 unspecified atom stereocenters. The number of alkyl halides is 2. The second kappa shape index (κ2) is 7.73. The van der Waals surface area contributed by atoms with Crippen molar-refractivity contribution >= 4 is 0 Å². The Morgan fingerprint density at radius 1 is 1.33 bits per heavy atom. The van der Waals surface area contributed by atoms with Crippen LogP contribution in [0.5, 0.6) is 5.75 Å². The molecule has 0 amide bonds. The zero-order valence-corrected chi connectivity index (χ0v) is 11.9. The van der Waals surface area contributed by atoms with Crippen LogP contribution in [0.3, 0.4) is 0 Å². The van der Waals surface area contributed by atoms with Gasteiger partial charge in [-0.05, 0) is 26.0 Å². The van der Waals surface area contributed by atoms with Crippen molar-refractivity contribution in [2.45, 2.75) is 32.4 Å². The molecule has 0 aliphatic heterocycles. The number of hydrogen-bond donors (Lipinski definition) is 2. The number of hydrogen-bond acceptors (Lipinski definition) is 3. The molecule has 1 heterocycles. The summed E-state index contributed by atoms with van der Waals surface area (Å²) in [4.78, 5) is 7.20. The summed E-state index contributed by atoms with van der Waals surface area (Å²) in [7, 11) is 0. The van der Waals surface area contributed by atoms with Gasteiger partial charge in [-0.25, -0.2) is 4.98 Å². The molecule has 0 bridgehead atoms. The van der Waals surface area contributed by atoms with E-state index in [-0.39, 0.29) is 11.8 Å². The number of nitrogens with one attached hydrogen (secondary N) is 2. The van der Waals surface area contributed by atoms with E-state index in [1.165, 1.54) is 0 Å². The van der Waals surface area contributed by atoms with Crippen LogP contribution < -0.4 is 10.1 Å². The highest BCUT2D eigenvalue weighted by Crippen LogP contribution is 2.26. The van der Waals surface area contributed by atoms with Gasteiger partial charge in [0.2, 0.25) is 0 Å². The largest absolute Gasteiger partial charge is 0.434 e. The summed E-state index contributed by atoms with van der Waals surface area (Å²) >= 11 is 0. The van der Waals surface area contributed by atoms with Crippen LogP contribution in [0.25, 0.3) is 0 Å². The molecular formula is C15H19F2N3O. The van der Waals surface area contributed by atoms with Gasteiger partial charge in [0.1, 0.15) is 11.6 Å². The highest BCUT2D eigenvalue weighted by molar-refractivity contribution is 5.35. The third-order valence-electron chi connectivity index (χ3n) is 3.20. The minimum atomic E-state index is -2.81. The Kier molecular flexibility index (Phi) is 5.68. The molecule has 0 spiro atoms. The van der Waals surface area contributed by atoms with E-state index in [1.54, 1.807) is 30.6 Å². The first-order chi connectivity index (χ1) is 10.2. The summed E-state index contributed by atoms with van der Waals surface area (Å²) in [6.45, 7) is -0.108. The molecule has 0 radical (unpaired) electrons. The van der Waals surface area contributed by atoms with Gasteiger partial charge < -0.3 is 15.0 Å². The molecule has 2 N–H and O–H groups in total. The summed E-state index contributed by atoms with van der Waals surface area (Å²) in [5, 5.41) is 3.31. The Hall–Kier alpha value is -1.95. The summed E-state index contributed by atoms with van der Waals surface area (Å²) in [5.74, 6) is 1.17. The van der Waals surface area contributed by atoms with Gasteiger partial charge in [-0.1, -0.05) is 18.2 Å². The zero-order valence-electron chi connectivity index (χ0n) is 11.9. The number of nitrogens with zero attached hydrogens (tertiary/aromatic N) is 1. The van der Waals surface area contributed by atoms with Crippen molar-refractivity contribution in [2.75, 3.05) is 6.54 Å². The molecule has 0 fully saturated rings. The van der Waals surface area contributed by atoms with Crippen LogP contribution in [-0.2, 0) is 6.42 Å². The maximum absolute atomic E-state index is 12.4. The molecule has 0 saturated carbocycles.